The van der Waals surface area contributed by atoms with Gasteiger partial charge in [0.25, 0.3) is 0 Å². The average molecular weight is 429 g/mol. The van der Waals surface area contributed by atoms with Gasteiger partial charge in [-0.2, -0.15) is 13.2 Å². The van der Waals surface area contributed by atoms with Crippen molar-refractivity contribution < 1.29 is 22.7 Å². The molecule has 4 nitrogen and oxygen atoms in total. The van der Waals surface area contributed by atoms with Gasteiger partial charge in [-0.05, 0) is 67.7 Å². The number of alkyl halides is 3. The number of anilines is 2. The van der Waals surface area contributed by atoms with Gasteiger partial charge in [-0.25, -0.2) is 0 Å². The number of benzene rings is 3. The minimum absolute atomic E-state index is 0.0283. The van der Waals surface area contributed by atoms with E-state index in [0.717, 1.165) is 12.1 Å². The molecular weight excluding hydrogens is 413 g/mol. The van der Waals surface area contributed by atoms with E-state index >= 15 is 0 Å². The monoisotopic (exact) mass is 429 g/mol. The summed E-state index contributed by atoms with van der Waals surface area (Å²) in [4.78, 5) is 11.5. The molecule has 0 aliphatic heterocycles. The van der Waals surface area contributed by atoms with Crippen molar-refractivity contribution in [2.24, 2.45) is 0 Å². The number of hydrogen-bond donors (Lipinski definition) is 2. The van der Waals surface area contributed by atoms with Crippen molar-refractivity contribution in [2.75, 3.05) is 10.6 Å². The molecule has 8 heteroatoms. The van der Waals surface area contributed by atoms with Crippen molar-refractivity contribution in [3.05, 3.63) is 83.9 Å². The maximum absolute atomic E-state index is 12.9. The van der Waals surface area contributed by atoms with E-state index in [1.165, 1.54) is 25.1 Å². The lowest BCUT2D eigenvalue weighted by atomic mass is 10.1. The van der Waals surface area contributed by atoms with Crippen molar-refractivity contribution in [2.45, 2.75) is 13.1 Å². The van der Waals surface area contributed by atoms with Crippen LogP contribution in [-0.4, -0.2) is 10.9 Å². The first-order chi connectivity index (χ1) is 14.2. The molecular formula is C22H16F3N2O2S. The first-order valence-corrected chi connectivity index (χ1v) is 9.17. The zero-order valence-corrected chi connectivity index (χ0v) is 16.5. The van der Waals surface area contributed by atoms with Gasteiger partial charge in [-0.15, -0.1) is 0 Å². The number of carbonyl (C=O) groups excluding carboxylic acids is 1. The molecule has 3 rings (SSSR count). The van der Waals surface area contributed by atoms with Gasteiger partial charge < -0.3 is 15.4 Å². The molecule has 0 amide bonds. The molecule has 0 unspecified atom stereocenters. The van der Waals surface area contributed by atoms with Crippen LogP contribution in [0, 0.1) is 6.07 Å². The Morgan fingerprint density at radius 3 is 2.57 bits per heavy atom. The molecule has 0 aliphatic rings. The summed E-state index contributed by atoms with van der Waals surface area (Å²) < 4.78 is 44.4. The molecule has 0 heterocycles. The largest absolute Gasteiger partial charge is 0.455 e. The third-order valence-electron chi connectivity index (χ3n) is 3.99. The number of Topliss-reactive ketones (excluding diaryl/α,β-unsaturated/α-hetero) is 1. The second kappa shape index (κ2) is 8.96. The summed E-state index contributed by atoms with van der Waals surface area (Å²) in [6.07, 6.45) is -4.47. The highest BCUT2D eigenvalue weighted by molar-refractivity contribution is 7.80. The van der Waals surface area contributed by atoms with Crippen LogP contribution in [-0.2, 0) is 6.18 Å². The molecule has 30 heavy (non-hydrogen) atoms. The number of thiocarbonyl (C=S) groups is 1. The van der Waals surface area contributed by atoms with Crippen molar-refractivity contribution in [1.29, 1.82) is 0 Å². The number of nitrogens with one attached hydrogen (secondary N) is 2. The first-order valence-electron chi connectivity index (χ1n) is 8.76. The lowest BCUT2D eigenvalue weighted by molar-refractivity contribution is -0.137. The summed E-state index contributed by atoms with van der Waals surface area (Å²) in [5.41, 5.74) is 0.775. The number of halogens is 3. The summed E-state index contributed by atoms with van der Waals surface area (Å²) in [5, 5.41) is 6.12. The third-order valence-corrected chi connectivity index (χ3v) is 4.19. The molecule has 0 atom stereocenters. The van der Waals surface area contributed by atoms with E-state index in [2.05, 4.69) is 16.7 Å². The van der Waals surface area contributed by atoms with E-state index in [0.29, 0.717) is 16.9 Å². The van der Waals surface area contributed by atoms with E-state index in [4.69, 9.17) is 17.0 Å². The Hall–Kier alpha value is -3.39. The first kappa shape index (κ1) is 21.3. The second-order valence-corrected chi connectivity index (χ2v) is 6.67. The van der Waals surface area contributed by atoms with Crippen molar-refractivity contribution >= 4 is 34.5 Å². The van der Waals surface area contributed by atoms with E-state index in [1.54, 1.807) is 36.4 Å². The fourth-order valence-corrected chi connectivity index (χ4v) is 2.79. The molecule has 0 saturated heterocycles. The van der Waals surface area contributed by atoms with Crippen LogP contribution in [0.2, 0.25) is 0 Å². The highest BCUT2D eigenvalue weighted by atomic mass is 32.1. The predicted molar refractivity (Wildman–Crippen MR) is 113 cm³/mol. The molecule has 0 fully saturated rings. The topological polar surface area (TPSA) is 50.4 Å². The maximum Gasteiger partial charge on any atom is 0.416 e. The zero-order valence-electron chi connectivity index (χ0n) is 15.7. The number of ether oxygens (including phenoxy) is 1. The lowest BCUT2D eigenvalue weighted by Gasteiger charge is -2.15. The highest BCUT2D eigenvalue weighted by Gasteiger charge is 2.30. The van der Waals surface area contributed by atoms with Crippen molar-refractivity contribution in [3.63, 3.8) is 0 Å². The molecule has 3 aromatic rings. The quantitative estimate of drug-likeness (QED) is 0.368. The van der Waals surface area contributed by atoms with Crippen LogP contribution in [0.5, 0.6) is 11.5 Å². The maximum atomic E-state index is 12.9. The van der Waals surface area contributed by atoms with Gasteiger partial charge in [0.15, 0.2) is 16.6 Å². The van der Waals surface area contributed by atoms with Crippen LogP contribution >= 0.6 is 12.2 Å². The smallest absolute Gasteiger partial charge is 0.416 e. The number of ketones is 1. The van der Waals surface area contributed by atoms with Gasteiger partial charge in [0.2, 0.25) is 0 Å². The van der Waals surface area contributed by atoms with Crippen LogP contribution in [0.25, 0.3) is 0 Å². The van der Waals surface area contributed by atoms with Crippen LogP contribution in [0.3, 0.4) is 0 Å². The van der Waals surface area contributed by atoms with Gasteiger partial charge in [-0.1, -0.05) is 24.3 Å². The fourth-order valence-electron chi connectivity index (χ4n) is 2.57. The molecule has 0 aromatic heterocycles. The van der Waals surface area contributed by atoms with Crippen LogP contribution in [0.4, 0.5) is 24.5 Å². The Morgan fingerprint density at radius 1 is 1.07 bits per heavy atom. The molecule has 153 valence electrons. The Kier molecular flexibility index (Phi) is 6.37. The molecule has 1 radical (unpaired) electrons. The number of rotatable bonds is 5. The predicted octanol–water partition coefficient (Wildman–Crippen LogP) is 6.31. The second-order valence-electron chi connectivity index (χ2n) is 6.27. The molecule has 0 bridgehead atoms. The summed E-state index contributed by atoms with van der Waals surface area (Å²) in [5.74, 6) is 0.201. The molecule has 3 aromatic carbocycles. The van der Waals surface area contributed by atoms with Gasteiger partial charge in [-0.3, -0.25) is 4.79 Å². The lowest BCUT2D eigenvalue weighted by Crippen LogP contribution is -2.19. The zero-order chi connectivity index (χ0) is 21.7. The van der Waals surface area contributed by atoms with Crippen molar-refractivity contribution in [3.8, 4) is 11.5 Å². The van der Waals surface area contributed by atoms with Crippen LogP contribution in [0.15, 0.2) is 66.7 Å². The Labute approximate surface area is 176 Å². The van der Waals surface area contributed by atoms with E-state index in [-0.39, 0.29) is 22.4 Å². The third kappa shape index (κ3) is 5.57. The minimum Gasteiger partial charge on any atom is -0.455 e. The Balaban J connectivity index is 1.75. The Morgan fingerprint density at radius 2 is 1.83 bits per heavy atom. The fraction of sp³-hybridized carbons (Fsp3) is 0.0909. The number of hydrogen-bond acceptors (Lipinski definition) is 3. The molecule has 0 spiro atoms. The summed E-state index contributed by atoms with van der Waals surface area (Å²) in [7, 11) is 0. The minimum atomic E-state index is -4.47. The number of carbonyl (C=O) groups is 1. The van der Waals surface area contributed by atoms with Gasteiger partial charge in [0.1, 0.15) is 5.75 Å². The van der Waals surface area contributed by atoms with E-state index in [9.17, 15) is 18.0 Å². The SMILES string of the molecule is CC(=O)c1cccc(NC(=S)Nc2cc[c]cc2Oc2cccc(C(F)(F)F)c2)c1. The highest BCUT2D eigenvalue weighted by Crippen LogP contribution is 2.34. The van der Waals surface area contributed by atoms with Gasteiger partial charge in [0.05, 0.1) is 11.3 Å². The van der Waals surface area contributed by atoms with Gasteiger partial charge in [0, 0.05) is 11.3 Å². The average Bonchev–Trinajstić information content (AvgIpc) is 2.69. The summed E-state index contributed by atoms with van der Waals surface area (Å²) in [6.45, 7) is 1.47. The van der Waals surface area contributed by atoms with Crippen molar-refractivity contribution in [1.82, 2.24) is 0 Å². The summed E-state index contributed by atoms with van der Waals surface area (Å²) in [6, 6.07) is 19.0. The standard InChI is InChI=1S/C22H16F3N2O2S/c1-14(28)15-6-4-8-17(12-15)26-21(30)27-19-10-2-3-11-20(19)29-18-9-5-7-16(13-18)22(23,24)25/h2,4-13H,1H3,(H2,26,27,30). The Bertz CT molecular complexity index is 1080. The normalized spacial score (nSPS) is 10.9. The van der Waals surface area contributed by atoms with Crippen LogP contribution < -0.4 is 15.4 Å². The molecule has 2 N–H and O–H groups in total. The molecule has 0 aliphatic carbocycles. The van der Waals surface area contributed by atoms with E-state index < -0.39 is 11.7 Å². The van der Waals surface area contributed by atoms with Crippen LogP contribution in [0.1, 0.15) is 22.8 Å². The van der Waals surface area contributed by atoms with Gasteiger partial charge >= 0.3 is 6.18 Å². The summed E-state index contributed by atoms with van der Waals surface area (Å²) >= 11 is 5.30. The molecule has 0 saturated carbocycles. The van der Waals surface area contributed by atoms with E-state index in [1.807, 2.05) is 0 Å².